The minimum absolute atomic E-state index is 0.00898. The van der Waals surface area contributed by atoms with E-state index in [1.165, 1.54) is 11.3 Å². The van der Waals surface area contributed by atoms with E-state index in [1.54, 1.807) is 0 Å². The maximum atomic E-state index is 12.9. The molecule has 1 aliphatic rings. The maximum absolute atomic E-state index is 12.9. The summed E-state index contributed by atoms with van der Waals surface area (Å²) in [7, 11) is 1.94. The smallest absolute Gasteiger partial charge is 0.228 e. The van der Waals surface area contributed by atoms with Gasteiger partial charge in [0, 0.05) is 24.8 Å². The first-order chi connectivity index (χ1) is 9.71. The summed E-state index contributed by atoms with van der Waals surface area (Å²) >= 11 is 0. The Kier molecular flexibility index (Phi) is 4.31. The van der Waals surface area contributed by atoms with Gasteiger partial charge in [0.25, 0.3) is 0 Å². The highest BCUT2D eigenvalue weighted by Crippen LogP contribution is 2.31. The first-order valence-corrected chi connectivity index (χ1v) is 7.83. The Balaban J connectivity index is 2.17. The first kappa shape index (κ1) is 15.9. The molecule has 0 bridgehead atoms. The van der Waals surface area contributed by atoms with Gasteiger partial charge in [0.2, 0.25) is 5.91 Å². The molecule has 3 atom stereocenters. The van der Waals surface area contributed by atoms with Gasteiger partial charge in [-0.25, -0.2) is 0 Å². The van der Waals surface area contributed by atoms with Crippen LogP contribution < -0.4 is 5.32 Å². The van der Waals surface area contributed by atoms with E-state index in [9.17, 15) is 4.79 Å². The molecule has 1 amide bonds. The molecule has 1 aromatic carbocycles. The Morgan fingerprint density at radius 2 is 1.95 bits per heavy atom. The van der Waals surface area contributed by atoms with Gasteiger partial charge in [0.15, 0.2) is 0 Å². The standard InChI is InChI=1S/C18H28N2O/c1-12-15(11-14-9-7-8-10-16(14)19-12)17(21)20(6)13(2)18(3,4)5/h7-10,12-13,15,19H,11H2,1-6H3. The fraction of sp³-hybridized carbons (Fsp3) is 0.611. The predicted octanol–water partition coefficient (Wildman–Crippen LogP) is 3.55. The summed E-state index contributed by atoms with van der Waals surface area (Å²) in [6.07, 6.45) is 0.824. The normalized spacial score (nSPS) is 23.0. The number of anilines is 1. The molecule has 0 spiro atoms. The summed E-state index contributed by atoms with van der Waals surface area (Å²) < 4.78 is 0. The minimum atomic E-state index is 0.00898. The molecule has 1 aromatic rings. The van der Waals surface area contributed by atoms with Crippen LogP contribution in [0.3, 0.4) is 0 Å². The van der Waals surface area contributed by atoms with E-state index in [2.05, 4.69) is 52.1 Å². The monoisotopic (exact) mass is 288 g/mol. The van der Waals surface area contributed by atoms with Crippen molar-refractivity contribution in [2.75, 3.05) is 12.4 Å². The van der Waals surface area contributed by atoms with Crippen molar-refractivity contribution in [2.24, 2.45) is 11.3 Å². The van der Waals surface area contributed by atoms with Gasteiger partial charge in [-0.15, -0.1) is 0 Å². The number of nitrogens with one attached hydrogen (secondary N) is 1. The number of hydrogen-bond donors (Lipinski definition) is 1. The quantitative estimate of drug-likeness (QED) is 0.902. The number of rotatable bonds is 2. The van der Waals surface area contributed by atoms with E-state index < -0.39 is 0 Å². The van der Waals surface area contributed by atoms with Crippen LogP contribution in [0.1, 0.15) is 40.2 Å². The molecule has 1 N–H and O–H groups in total. The molecule has 0 aliphatic carbocycles. The van der Waals surface area contributed by atoms with Crippen LogP contribution in [0.25, 0.3) is 0 Å². The molecule has 3 unspecified atom stereocenters. The number of nitrogens with zero attached hydrogens (tertiary/aromatic N) is 1. The summed E-state index contributed by atoms with van der Waals surface area (Å²) in [5.74, 6) is 0.252. The highest BCUT2D eigenvalue weighted by atomic mass is 16.2. The molecular formula is C18H28N2O. The second-order valence-corrected chi connectivity index (χ2v) is 7.39. The van der Waals surface area contributed by atoms with Gasteiger partial charge in [0.1, 0.15) is 0 Å². The van der Waals surface area contributed by atoms with Gasteiger partial charge in [-0.3, -0.25) is 4.79 Å². The van der Waals surface area contributed by atoms with E-state index >= 15 is 0 Å². The van der Waals surface area contributed by atoms with Crippen LogP contribution in [0.4, 0.5) is 5.69 Å². The van der Waals surface area contributed by atoms with Gasteiger partial charge in [-0.1, -0.05) is 39.0 Å². The lowest BCUT2D eigenvalue weighted by molar-refractivity contribution is -0.138. The molecule has 0 saturated heterocycles. The summed E-state index contributed by atoms with van der Waals surface area (Å²) in [5, 5.41) is 3.48. The second kappa shape index (κ2) is 5.70. The maximum Gasteiger partial charge on any atom is 0.228 e. The van der Waals surface area contributed by atoms with E-state index in [4.69, 9.17) is 0 Å². The zero-order valence-electron chi connectivity index (χ0n) is 14.1. The zero-order valence-corrected chi connectivity index (χ0v) is 14.1. The first-order valence-electron chi connectivity index (χ1n) is 7.83. The van der Waals surface area contributed by atoms with Gasteiger partial charge in [0.05, 0.1) is 5.92 Å². The predicted molar refractivity (Wildman–Crippen MR) is 88.4 cm³/mol. The summed E-state index contributed by atoms with van der Waals surface area (Å²) in [4.78, 5) is 14.8. The number of carbonyl (C=O) groups excluding carboxylic acids is 1. The van der Waals surface area contributed by atoms with Crippen LogP contribution in [0.15, 0.2) is 24.3 Å². The number of para-hydroxylation sites is 1. The molecule has 0 aromatic heterocycles. The topological polar surface area (TPSA) is 32.3 Å². The number of benzene rings is 1. The highest BCUT2D eigenvalue weighted by molar-refractivity contribution is 5.81. The molecule has 0 saturated carbocycles. The van der Waals surface area contributed by atoms with Crippen LogP contribution in [0.5, 0.6) is 0 Å². The fourth-order valence-corrected chi connectivity index (χ4v) is 2.93. The molecule has 0 radical (unpaired) electrons. The van der Waals surface area contributed by atoms with Crippen molar-refractivity contribution in [3.05, 3.63) is 29.8 Å². The Morgan fingerprint density at radius 1 is 1.33 bits per heavy atom. The Hall–Kier alpha value is -1.51. The summed E-state index contributed by atoms with van der Waals surface area (Å²) in [6, 6.07) is 8.67. The third-order valence-corrected chi connectivity index (χ3v) is 4.94. The van der Waals surface area contributed by atoms with Crippen LogP contribution in [-0.4, -0.2) is 29.9 Å². The Morgan fingerprint density at radius 3 is 2.57 bits per heavy atom. The number of carbonyl (C=O) groups is 1. The molecule has 3 nitrogen and oxygen atoms in total. The van der Waals surface area contributed by atoms with Crippen molar-refractivity contribution in [1.29, 1.82) is 0 Å². The van der Waals surface area contributed by atoms with Crippen LogP contribution in [0.2, 0.25) is 0 Å². The summed E-state index contributed by atoms with van der Waals surface area (Å²) in [5.41, 5.74) is 2.50. The van der Waals surface area contributed by atoms with Gasteiger partial charge >= 0.3 is 0 Å². The van der Waals surface area contributed by atoms with Gasteiger partial charge < -0.3 is 10.2 Å². The number of amides is 1. The van der Waals surface area contributed by atoms with E-state index in [0.29, 0.717) is 0 Å². The van der Waals surface area contributed by atoms with Crippen LogP contribution >= 0.6 is 0 Å². The lowest BCUT2D eigenvalue weighted by Gasteiger charge is -2.40. The second-order valence-electron chi connectivity index (χ2n) is 7.39. The van der Waals surface area contributed by atoms with Gasteiger partial charge in [-0.2, -0.15) is 0 Å². The number of fused-ring (bicyclic) bond motifs is 1. The third kappa shape index (κ3) is 3.22. The van der Waals surface area contributed by atoms with Crippen molar-refractivity contribution in [2.45, 2.75) is 53.1 Å². The van der Waals surface area contributed by atoms with E-state index in [0.717, 1.165) is 6.42 Å². The van der Waals surface area contributed by atoms with E-state index in [-0.39, 0.29) is 29.3 Å². The molecular weight excluding hydrogens is 260 g/mol. The average Bonchev–Trinajstić information content (AvgIpc) is 2.43. The van der Waals surface area contributed by atoms with Crippen molar-refractivity contribution in [3.63, 3.8) is 0 Å². The van der Waals surface area contributed by atoms with Crippen LogP contribution in [0, 0.1) is 11.3 Å². The minimum Gasteiger partial charge on any atom is -0.382 e. The van der Waals surface area contributed by atoms with Crippen molar-refractivity contribution in [3.8, 4) is 0 Å². The lowest BCUT2D eigenvalue weighted by Crippen LogP contribution is -2.50. The number of hydrogen-bond acceptors (Lipinski definition) is 2. The molecule has 2 rings (SSSR count). The Bertz CT molecular complexity index is 518. The fourth-order valence-electron chi connectivity index (χ4n) is 2.93. The van der Waals surface area contributed by atoms with Gasteiger partial charge in [-0.05, 0) is 37.3 Å². The Labute approximate surface area is 128 Å². The third-order valence-electron chi connectivity index (χ3n) is 4.94. The SMILES string of the molecule is CC1Nc2ccccc2CC1C(=O)N(C)C(C)C(C)(C)C. The van der Waals surface area contributed by atoms with Crippen LogP contribution in [-0.2, 0) is 11.2 Å². The molecule has 1 aliphatic heterocycles. The molecule has 1 heterocycles. The van der Waals surface area contributed by atoms with Crippen molar-refractivity contribution < 1.29 is 4.79 Å². The van der Waals surface area contributed by atoms with E-state index in [1.807, 2.05) is 24.1 Å². The summed E-state index contributed by atoms with van der Waals surface area (Å²) in [6.45, 7) is 10.8. The largest absolute Gasteiger partial charge is 0.382 e. The molecule has 0 fully saturated rings. The molecule has 116 valence electrons. The van der Waals surface area contributed by atoms with Crippen molar-refractivity contribution in [1.82, 2.24) is 4.90 Å². The van der Waals surface area contributed by atoms with Crippen molar-refractivity contribution >= 4 is 11.6 Å². The zero-order chi connectivity index (χ0) is 15.8. The average molecular weight is 288 g/mol. The molecule has 3 heteroatoms. The lowest BCUT2D eigenvalue weighted by atomic mass is 9.84. The highest BCUT2D eigenvalue weighted by Gasteiger charge is 2.35. The molecule has 21 heavy (non-hydrogen) atoms.